The predicted octanol–water partition coefficient (Wildman–Crippen LogP) is 2.51. The molecule has 1 heterocycles. The molecule has 27 heavy (non-hydrogen) atoms. The molecule has 1 N–H and O–H groups in total. The molecule has 2 amide bonds. The standard InChI is InChI=1S/C19H17IN2O4S/c1-4-7-22-18(24)13(17(23)21-19(22)27)9-12-10-14(20)16(26-8-5-2)15(11-12)25-6-3/h2,4,9-11H,1,6-8H2,3H3,(H,21,23,27)/b13-9-. The number of hydrogen-bond donors (Lipinski definition) is 1. The summed E-state index contributed by atoms with van der Waals surface area (Å²) in [5.41, 5.74) is 0.585. The second-order valence-electron chi connectivity index (χ2n) is 5.28. The molecule has 0 atom stereocenters. The van der Waals surface area contributed by atoms with Crippen LogP contribution in [0.15, 0.2) is 30.4 Å². The second kappa shape index (κ2) is 9.53. The molecule has 6 nitrogen and oxygen atoms in total. The first kappa shape index (κ1) is 20.9. The van der Waals surface area contributed by atoms with Crippen molar-refractivity contribution in [2.24, 2.45) is 0 Å². The van der Waals surface area contributed by atoms with Crippen LogP contribution in [-0.2, 0) is 9.59 Å². The Balaban J connectivity index is 2.46. The van der Waals surface area contributed by atoms with Crippen LogP contribution in [0.1, 0.15) is 12.5 Å². The summed E-state index contributed by atoms with van der Waals surface area (Å²) in [5.74, 6) is 2.38. The van der Waals surface area contributed by atoms with Gasteiger partial charge in [0.2, 0.25) is 0 Å². The first-order valence-corrected chi connectivity index (χ1v) is 9.44. The second-order valence-corrected chi connectivity index (χ2v) is 6.83. The van der Waals surface area contributed by atoms with Crippen molar-refractivity contribution in [2.75, 3.05) is 19.8 Å². The first-order chi connectivity index (χ1) is 12.9. The van der Waals surface area contributed by atoms with Gasteiger partial charge in [-0.05, 0) is 65.5 Å². The number of halogens is 1. The van der Waals surface area contributed by atoms with E-state index >= 15 is 0 Å². The van der Waals surface area contributed by atoms with Crippen LogP contribution in [-0.4, -0.2) is 41.6 Å². The molecule has 0 saturated carbocycles. The number of nitrogens with zero attached hydrogens (tertiary/aromatic N) is 1. The molecule has 0 spiro atoms. The summed E-state index contributed by atoms with van der Waals surface area (Å²) in [6, 6.07) is 3.46. The molecule has 0 bridgehead atoms. The van der Waals surface area contributed by atoms with E-state index in [-0.39, 0.29) is 23.8 Å². The van der Waals surface area contributed by atoms with Gasteiger partial charge in [-0.2, -0.15) is 0 Å². The fourth-order valence-electron chi connectivity index (χ4n) is 2.34. The number of amides is 2. The Labute approximate surface area is 176 Å². The minimum atomic E-state index is -0.550. The average molecular weight is 496 g/mol. The highest BCUT2D eigenvalue weighted by molar-refractivity contribution is 14.1. The molecule has 1 aromatic carbocycles. The van der Waals surface area contributed by atoms with Crippen molar-refractivity contribution >= 4 is 57.8 Å². The molecule has 1 aromatic rings. The highest BCUT2D eigenvalue weighted by Gasteiger charge is 2.32. The molecule has 1 aliphatic rings. The molecule has 2 rings (SSSR count). The van der Waals surface area contributed by atoms with Gasteiger partial charge < -0.3 is 9.47 Å². The third kappa shape index (κ3) is 4.87. The van der Waals surface area contributed by atoms with Crippen molar-refractivity contribution in [3.05, 3.63) is 39.5 Å². The molecule has 0 aliphatic carbocycles. The van der Waals surface area contributed by atoms with Crippen LogP contribution >= 0.6 is 34.8 Å². The van der Waals surface area contributed by atoms with Crippen LogP contribution < -0.4 is 14.8 Å². The van der Waals surface area contributed by atoms with Gasteiger partial charge in [0.05, 0.1) is 10.2 Å². The number of carbonyl (C=O) groups is 2. The van der Waals surface area contributed by atoms with Gasteiger partial charge in [-0.25, -0.2) is 0 Å². The molecule has 1 aliphatic heterocycles. The first-order valence-electron chi connectivity index (χ1n) is 7.95. The Morgan fingerprint density at radius 1 is 1.41 bits per heavy atom. The fraction of sp³-hybridized carbons (Fsp3) is 0.211. The van der Waals surface area contributed by atoms with E-state index in [0.717, 1.165) is 3.57 Å². The average Bonchev–Trinajstić information content (AvgIpc) is 2.62. The number of hydrogen-bond acceptors (Lipinski definition) is 5. The van der Waals surface area contributed by atoms with Gasteiger partial charge in [-0.3, -0.25) is 19.8 Å². The molecule has 0 radical (unpaired) electrons. The molecular formula is C19H17IN2O4S. The summed E-state index contributed by atoms with van der Waals surface area (Å²) in [5, 5.41) is 2.57. The largest absolute Gasteiger partial charge is 0.490 e. The Hall–Kier alpha value is -2.38. The lowest BCUT2D eigenvalue weighted by molar-refractivity contribution is -0.128. The van der Waals surface area contributed by atoms with Gasteiger partial charge in [-0.15, -0.1) is 13.0 Å². The Morgan fingerprint density at radius 3 is 2.78 bits per heavy atom. The normalized spacial score (nSPS) is 15.4. The van der Waals surface area contributed by atoms with Crippen LogP contribution in [0.4, 0.5) is 0 Å². The van der Waals surface area contributed by atoms with Crippen molar-refractivity contribution in [1.29, 1.82) is 0 Å². The lowest BCUT2D eigenvalue weighted by Crippen LogP contribution is -2.53. The van der Waals surface area contributed by atoms with Crippen LogP contribution in [0.2, 0.25) is 0 Å². The topological polar surface area (TPSA) is 67.9 Å². The predicted molar refractivity (Wildman–Crippen MR) is 115 cm³/mol. The summed E-state index contributed by atoms with van der Waals surface area (Å²) in [4.78, 5) is 26.2. The van der Waals surface area contributed by atoms with Gasteiger partial charge in [-0.1, -0.05) is 12.0 Å². The summed E-state index contributed by atoms with van der Waals surface area (Å²) in [6.45, 7) is 6.17. The van der Waals surface area contributed by atoms with E-state index in [4.69, 9.17) is 28.1 Å². The molecule has 8 heteroatoms. The van der Waals surface area contributed by atoms with E-state index < -0.39 is 11.8 Å². The maximum absolute atomic E-state index is 12.6. The Bertz CT molecular complexity index is 873. The van der Waals surface area contributed by atoms with E-state index in [9.17, 15) is 9.59 Å². The third-order valence-electron chi connectivity index (χ3n) is 3.44. The maximum atomic E-state index is 12.6. The van der Waals surface area contributed by atoms with E-state index in [2.05, 4.69) is 40.4 Å². The summed E-state index contributed by atoms with van der Waals surface area (Å²) in [6.07, 6.45) is 8.28. The third-order valence-corrected chi connectivity index (χ3v) is 4.56. The maximum Gasteiger partial charge on any atom is 0.265 e. The van der Waals surface area contributed by atoms with Gasteiger partial charge in [0.1, 0.15) is 12.2 Å². The molecule has 140 valence electrons. The Morgan fingerprint density at radius 2 is 2.15 bits per heavy atom. The highest BCUT2D eigenvalue weighted by atomic mass is 127. The number of benzene rings is 1. The molecule has 0 aromatic heterocycles. The van der Waals surface area contributed by atoms with Crippen molar-refractivity contribution in [3.8, 4) is 23.8 Å². The zero-order chi connectivity index (χ0) is 20.0. The van der Waals surface area contributed by atoms with E-state index in [1.165, 1.54) is 17.1 Å². The van der Waals surface area contributed by atoms with Gasteiger partial charge in [0, 0.05) is 6.54 Å². The molecule has 0 unspecified atom stereocenters. The van der Waals surface area contributed by atoms with Crippen LogP contribution in [0.25, 0.3) is 6.08 Å². The highest BCUT2D eigenvalue weighted by Crippen LogP contribution is 2.35. The SMILES string of the molecule is C#CCOc1c(I)cc(/C=C2/C(=O)NC(=S)N(CC=C)C2=O)cc1OCC. The van der Waals surface area contributed by atoms with Gasteiger partial charge in [0.25, 0.3) is 11.8 Å². The summed E-state index contributed by atoms with van der Waals surface area (Å²) < 4.78 is 11.9. The lowest BCUT2D eigenvalue weighted by Gasteiger charge is -2.27. The lowest BCUT2D eigenvalue weighted by atomic mass is 10.1. The number of ether oxygens (including phenoxy) is 2. The minimum absolute atomic E-state index is 0.0269. The van der Waals surface area contributed by atoms with Crippen molar-refractivity contribution in [3.63, 3.8) is 0 Å². The van der Waals surface area contributed by atoms with Crippen molar-refractivity contribution < 1.29 is 19.1 Å². The minimum Gasteiger partial charge on any atom is -0.490 e. The monoisotopic (exact) mass is 496 g/mol. The van der Waals surface area contributed by atoms with Crippen LogP contribution in [0.5, 0.6) is 11.5 Å². The Kier molecular flexibility index (Phi) is 7.38. The smallest absolute Gasteiger partial charge is 0.265 e. The van der Waals surface area contributed by atoms with Crippen molar-refractivity contribution in [1.82, 2.24) is 10.2 Å². The van der Waals surface area contributed by atoms with Gasteiger partial charge in [0.15, 0.2) is 16.6 Å². The number of thiocarbonyl (C=S) groups is 1. The molecule has 1 fully saturated rings. The number of carbonyl (C=O) groups excluding carboxylic acids is 2. The molecular weight excluding hydrogens is 479 g/mol. The van der Waals surface area contributed by atoms with Crippen LogP contribution in [0.3, 0.4) is 0 Å². The van der Waals surface area contributed by atoms with E-state index in [1.807, 2.05) is 6.92 Å². The number of nitrogens with one attached hydrogen (secondary N) is 1. The zero-order valence-corrected chi connectivity index (χ0v) is 17.6. The molecule has 1 saturated heterocycles. The van der Waals surface area contributed by atoms with Crippen LogP contribution in [0, 0.1) is 15.9 Å². The fourth-order valence-corrected chi connectivity index (χ4v) is 3.37. The van der Waals surface area contributed by atoms with Crippen molar-refractivity contribution in [2.45, 2.75) is 6.92 Å². The van der Waals surface area contributed by atoms with Gasteiger partial charge >= 0.3 is 0 Å². The quantitative estimate of drug-likeness (QED) is 0.157. The summed E-state index contributed by atoms with van der Waals surface area (Å²) in [7, 11) is 0. The zero-order valence-electron chi connectivity index (χ0n) is 14.6. The van der Waals surface area contributed by atoms with E-state index in [0.29, 0.717) is 23.7 Å². The summed E-state index contributed by atoms with van der Waals surface area (Å²) >= 11 is 7.13. The number of terminal acetylenes is 1. The van der Waals surface area contributed by atoms with E-state index in [1.54, 1.807) is 12.1 Å². The number of rotatable bonds is 7.